The first kappa shape index (κ1) is 27.6. The summed E-state index contributed by atoms with van der Waals surface area (Å²) in [5, 5.41) is 30.6. The Morgan fingerprint density at radius 1 is 1.17 bits per heavy atom. The van der Waals surface area contributed by atoms with Crippen molar-refractivity contribution in [3.8, 4) is 5.75 Å². The number of thiol groups is 1. The molecule has 1 aromatic carbocycles. The van der Waals surface area contributed by atoms with Gasteiger partial charge in [-0.15, -0.1) is 12.6 Å². The zero-order valence-electron chi connectivity index (χ0n) is 22.0. The fraction of sp³-hybridized carbons (Fsp3) is 0.724. The SMILES string of the molecule is COc1ccc(C)c(S)c1.C[C@]12CC[C@@H](O)C[C@H]1CC[C@@H]1[C@@H]2C(=O)C[C@@]2(C)[C@H]1CC[C@]2(O)C(=O)CO. The van der Waals surface area contributed by atoms with Gasteiger partial charge < -0.3 is 20.1 Å². The van der Waals surface area contributed by atoms with Gasteiger partial charge in [-0.2, -0.15) is 0 Å². The summed E-state index contributed by atoms with van der Waals surface area (Å²) in [6, 6.07) is 5.81. The molecular weight excluding hydrogens is 476 g/mol. The van der Waals surface area contributed by atoms with Crippen molar-refractivity contribution in [1.82, 2.24) is 0 Å². The molecule has 0 aliphatic heterocycles. The number of ether oxygens (including phenoxy) is 1. The van der Waals surface area contributed by atoms with Crippen LogP contribution in [0.25, 0.3) is 0 Å². The summed E-state index contributed by atoms with van der Waals surface area (Å²) >= 11 is 4.24. The Kier molecular flexibility index (Phi) is 7.71. The summed E-state index contributed by atoms with van der Waals surface area (Å²) in [4.78, 5) is 26.7. The molecule has 1 aromatic rings. The van der Waals surface area contributed by atoms with Gasteiger partial charge in [-0.05, 0) is 92.7 Å². The molecule has 0 bridgehead atoms. The number of ketones is 2. The van der Waals surface area contributed by atoms with Gasteiger partial charge in [0.2, 0.25) is 0 Å². The molecule has 0 amide bonds. The maximum Gasteiger partial charge on any atom is 0.190 e. The third-order valence-electron chi connectivity index (χ3n) is 10.5. The molecule has 0 heterocycles. The second kappa shape index (κ2) is 10.0. The second-order valence-electron chi connectivity index (χ2n) is 12.1. The van der Waals surface area contributed by atoms with E-state index in [9.17, 15) is 24.9 Å². The van der Waals surface area contributed by atoms with Crippen molar-refractivity contribution in [2.45, 2.75) is 88.7 Å². The van der Waals surface area contributed by atoms with E-state index in [2.05, 4.69) is 19.6 Å². The van der Waals surface area contributed by atoms with Crippen LogP contribution in [0.5, 0.6) is 5.75 Å². The van der Waals surface area contributed by atoms with Crippen LogP contribution in [0.1, 0.15) is 70.8 Å². The molecule has 200 valence electrons. The highest BCUT2D eigenvalue weighted by atomic mass is 32.1. The molecule has 7 heteroatoms. The number of hydrogen-bond donors (Lipinski definition) is 4. The van der Waals surface area contributed by atoms with Crippen molar-refractivity contribution in [1.29, 1.82) is 0 Å². The molecule has 8 atom stereocenters. The molecule has 0 aromatic heterocycles. The summed E-state index contributed by atoms with van der Waals surface area (Å²) in [6.45, 7) is 5.48. The smallest absolute Gasteiger partial charge is 0.190 e. The van der Waals surface area contributed by atoms with Crippen LogP contribution < -0.4 is 4.74 Å². The number of methoxy groups -OCH3 is 1. The number of aliphatic hydroxyl groups excluding tert-OH is 2. The van der Waals surface area contributed by atoms with Crippen LogP contribution in [0.2, 0.25) is 0 Å². The average Bonchev–Trinajstić information content (AvgIpc) is 3.12. The van der Waals surface area contributed by atoms with Gasteiger partial charge in [-0.25, -0.2) is 0 Å². The van der Waals surface area contributed by atoms with Gasteiger partial charge in [0.15, 0.2) is 5.78 Å². The molecular formula is C29H42O6S. The normalized spacial score (nSPS) is 41.3. The maximum absolute atomic E-state index is 13.4. The highest BCUT2D eigenvalue weighted by molar-refractivity contribution is 7.80. The molecule has 4 aliphatic carbocycles. The number of hydrogen-bond acceptors (Lipinski definition) is 7. The van der Waals surface area contributed by atoms with Crippen molar-refractivity contribution in [2.75, 3.05) is 13.7 Å². The number of Topliss-reactive ketones (excluding diaryl/α,β-unsaturated/α-hetero) is 2. The largest absolute Gasteiger partial charge is 0.497 e. The van der Waals surface area contributed by atoms with E-state index in [0.29, 0.717) is 12.3 Å². The van der Waals surface area contributed by atoms with Crippen molar-refractivity contribution in [2.24, 2.45) is 34.5 Å². The molecule has 36 heavy (non-hydrogen) atoms. The molecule has 4 saturated carbocycles. The molecule has 0 saturated heterocycles. The van der Waals surface area contributed by atoms with Crippen LogP contribution in [0.3, 0.4) is 0 Å². The standard InChI is InChI=1S/C21H32O5.C8H10OS/c1-19-7-5-13(23)9-12(19)3-4-14-15-6-8-21(26,17(25)11-22)20(15,2)10-16(24)18(14)19;1-6-3-4-7(9-2)5-8(6)10/h12-15,18,22-23,26H,3-11H2,1-2H3;3-5,10H,1-2H3/t12-,13-,14+,15+,18-,19+,20+,21+;/m1./s1. The average molecular weight is 519 g/mol. The number of aliphatic hydroxyl groups is 3. The highest BCUT2D eigenvalue weighted by Crippen LogP contribution is 2.67. The topological polar surface area (TPSA) is 104 Å². The third kappa shape index (κ3) is 4.34. The Labute approximate surface area is 220 Å². The van der Waals surface area contributed by atoms with Crippen molar-refractivity contribution < 1.29 is 29.6 Å². The number of carbonyl (C=O) groups is 2. The Hall–Kier alpha value is -1.41. The first-order valence-electron chi connectivity index (χ1n) is 13.3. The minimum absolute atomic E-state index is 0.0154. The summed E-state index contributed by atoms with van der Waals surface area (Å²) in [6.07, 6.45) is 5.47. The van der Waals surface area contributed by atoms with Gasteiger partial charge in [0.25, 0.3) is 0 Å². The van der Waals surface area contributed by atoms with E-state index in [0.717, 1.165) is 49.2 Å². The first-order chi connectivity index (χ1) is 16.9. The summed E-state index contributed by atoms with van der Waals surface area (Å²) in [5.41, 5.74) is -1.23. The number of fused-ring (bicyclic) bond motifs is 5. The van der Waals surface area contributed by atoms with Crippen LogP contribution >= 0.6 is 12.6 Å². The van der Waals surface area contributed by atoms with E-state index in [1.807, 2.05) is 32.0 Å². The molecule has 4 aliphatic rings. The van der Waals surface area contributed by atoms with E-state index in [4.69, 9.17) is 4.74 Å². The lowest BCUT2D eigenvalue weighted by molar-refractivity contribution is -0.180. The molecule has 6 nitrogen and oxygen atoms in total. The molecule has 0 unspecified atom stereocenters. The zero-order valence-corrected chi connectivity index (χ0v) is 22.9. The van der Waals surface area contributed by atoms with Crippen molar-refractivity contribution in [3.63, 3.8) is 0 Å². The molecule has 0 spiro atoms. The molecule has 0 radical (unpaired) electrons. The lowest BCUT2D eigenvalue weighted by Crippen LogP contribution is -2.62. The van der Waals surface area contributed by atoms with Crippen LogP contribution in [0.4, 0.5) is 0 Å². The molecule has 4 fully saturated rings. The van der Waals surface area contributed by atoms with Crippen molar-refractivity contribution >= 4 is 24.2 Å². The third-order valence-corrected chi connectivity index (χ3v) is 11.0. The zero-order chi connectivity index (χ0) is 26.5. The highest BCUT2D eigenvalue weighted by Gasteiger charge is 2.68. The summed E-state index contributed by atoms with van der Waals surface area (Å²) < 4.78 is 5.00. The number of benzene rings is 1. The monoisotopic (exact) mass is 518 g/mol. The second-order valence-corrected chi connectivity index (χ2v) is 12.6. The van der Waals surface area contributed by atoms with Gasteiger partial charge in [-0.3, -0.25) is 9.59 Å². The van der Waals surface area contributed by atoms with Crippen LogP contribution in [-0.4, -0.2) is 52.3 Å². The summed E-state index contributed by atoms with van der Waals surface area (Å²) in [7, 11) is 1.65. The minimum Gasteiger partial charge on any atom is -0.497 e. The van der Waals surface area contributed by atoms with Gasteiger partial charge in [-0.1, -0.05) is 19.9 Å². The summed E-state index contributed by atoms with van der Waals surface area (Å²) in [5.74, 6) is 1.24. The molecule has 5 rings (SSSR count). The Balaban J connectivity index is 0.000000256. The van der Waals surface area contributed by atoms with Gasteiger partial charge in [0, 0.05) is 22.6 Å². The Bertz CT molecular complexity index is 1010. The van der Waals surface area contributed by atoms with Gasteiger partial charge in [0.05, 0.1) is 13.2 Å². The van der Waals surface area contributed by atoms with Gasteiger partial charge >= 0.3 is 0 Å². The first-order valence-corrected chi connectivity index (χ1v) is 13.8. The van der Waals surface area contributed by atoms with Crippen LogP contribution in [-0.2, 0) is 9.59 Å². The Morgan fingerprint density at radius 2 is 1.89 bits per heavy atom. The fourth-order valence-electron chi connectivity index (χ4n) is 8.36. The quantitative estimate of drug-likeness (QED) is 0.448. The van der Waals surface area contributed by atoms with E-state index in [1.54, 1.807) is 7.11 Å². The Morgan fingerprint density at radius 3 is 2.53 bits per heavy atom. The van der Waals surface area contributed by atoms with Crippen molar-refractivity contribution in [3.05, 3.63) is 23.8 Å². The lowest BCUT2D eigenvalue weighted by Gasteiger charge is -2.60. The van der Waals surface area contributed by atoms with E-state index in [-0.39, 0.29) is 41.5 Å². The molecule has 3 N–H and O–H groups in total. The number of aryl methyl sites for hydroxylation is 1. The predicted molar refractivity (Wildman–Crippen MR) is 140 cm³/mol. The van der Waals surface area contributed by atoms with E-state index >= 15 is 0 Å². The minimum atomic E-state index is -1.58. The van der Waals surface area contributed by atoms with Crippen LogP contribution in [0.15, 0.2) is 23.1 Å². The fourth-order valence-corrected chi connectivity index (χ4v) is 8.56. The maximum atomic E-state index is 13.4. The van der Waals surface area contributed by atoms with Gasteiger partial charge in [0.1, 0.15) is 23.7 Å². The number of carbonyl (C=O) groups excluding carboxylic acids is 2. The predicted octanol–water partition coefficient (Wildman–Crippen LogP) is 4.15. The van der Waals surface area contributed by atoms with E-state index in [1.165, 1.54) is 5.56 Å². The van der Waals surface area contributed by atoms with E-state index < -0.39 is 23.4 Å². The van der Waals surface area contributed by atoms with Crippen LogP contribution in [0, 0.1) is 41.4 Å². The lowest BCUT2D eigenvalue weighted by atomic mass is 9.44. The number of rotatable bonds is 3.